The molecule has 5 rings (SSSR count). The maximum absolute atomic E-state index is 2.78. The molecule has 2 heterocycles. The molecule has 2 aliphatic heterocycles. The predicted molar refractivity (Wildman–Crippen MR) is 91.9 cm³/mol. The number of fused-ring (bicyclic) bond motifs is 2. The van der Waals surface area contributed by atoms with Crippen molar-refractivity contribution in [3.8, 4) is 0 Å². The van der Waals surface area contributed by atoms with Gasteiger partial charge < -0.3 is 0 Å². The summed E-state index contributed by atoms with van der Waals surface area (Å²) >= 11 is 0. The summed E-state index contributed by atoms with van der Waals surface area (Å²) in [4.78, 5) is 2.78. The van der Waals surface area contributed by atoms with Gasteiger partial charge in [-0.15, -0.1) is 0 Å². The summed E-state index contributed by atoms with van der Waals surface area (Å²) < 4.78 is 0. The molecular formula is C21H25N. The van der Waals surface area contributed by atoms with Crippen molar-refractivity contribution in [2.24, 2.45) is 5.92 Å². The molecule has 2 bridgehead atoms. The second-order valence-corrected chi connectivity index (χ2v) is 7.06. The third-order valence-corrected chi connectivity index (χ3v) is 5.71. The molecule has 2 aromatic carbocycles. The molecule has 0 aromatic heterocycles. The fraction of sp³-hybridized carbons (Fsp3) is 0.429. The molecule has 1 nitrogen and oxygen atoms in total. The lowest BCUT2D eigenvalue weighted by atomic mass is 9.79. The highest BCUT2D eigenvalue weighted by atomic mass is 15.2. The lowest BCUT2D eigenvalue weighted by molar-refractivity contribution is 0.0643. The molecule has 114 valence electrons. The average molecular weight is 291 g/mol. The highest BCUT2D eigenvalue weighted by Gasteiger charge is 2.34. The van der Waals surface area contributed by atoms with Crippen molar-refractivity contribution in [3.05, 3.63) is 71.3 Å². The predicted octanol–water partition coefficient (Wildman–Crippen LogP) is 4.63. The fourth-order valence-electron chi connectivity index (χ4n) is 4.44. The molecule has 1 heteroatoms. The van der Waals surface area contributed by atoms with E-state index >= 15 is 0 Å². The third kappa shape index (κ3) is 2.59. The number of benzene rings is 2. The van der Waals surface area contributed by atoms with Crippen molar-refractivity contribution in [1.82, 2.24) is 4.90 Å². The van der Waals surface area contributed by atoms with E-state index in [1.807, 2.05) is 0 Å². The SMILES string of the molecule is CC(c1ccccc1)N1CC2CCC1Cc1ccccc1C2. The van der Waals surface area contributed by atoms with Crippen molar-refractivity contribution in [1.29, 1.82) is 0 Å². The maximum atomic E-state index is 2.78. The third-order valence-electron chi connectivity index (χ3n) is 5.71. The van der Waals surface area contributed by atoms with Crippen LogP contribution in [0.1, 0.15) is 42.5 Å². The molecule has 2 aromatic rings. The van der Waals surface area contributed by atoms with Crippen LogP contribution in [0, 0.1) is 5.92 Å². The largest absolute Gasteiger partial charge is 0.293 e. The lowest BCUT2D eigenvalue weighted by Crippen LogP contribution is -2.47. The number of piperidine rings is 1. The van der Waals surface area contributed by atoms with Crippen LogP contribution < -0.4 is 0 Å². The average Bonchev–Trinajstić information content (AvgIpc) is 2.55. The van der Waals surface area contributed by atoms with Gasteiger partial charge in [0.25, 0.3) is 0 Å². The minimum Gasteiger partial charge on any atom is -0.293 e. The minimum absolute atomic E-state index is 0.527. The van der Waals surface area contributed by atoms with Crippen LogP contribution in [0.4, 0.5) is 0 Å². The van der Waals surface area contributed by atoms with Gasteiger partial charge in [-0.2, -0.15) is 0 Å². The van der Waals surface area contributed by atoms with E-state index in [4.69, 9.17) is 0 Å². The van der Waals surface area contributed by atoms with Gasteiger partial charge in [-0.3, -0.25) is 4.90 Å². The van der Waals surface area contributed by atoms with E-state index in [2.05, 4.69) is 66.4 Å². The van der Waals surface area contributed by atoms with Crippen LogP contribution in [0.2, 0.25) is 0 Å². The quantitative estimate of drug-likeness (QED) is 0.780. The minimum atomic E-state index is 0.527. The number of hydrogen-bond donors (Lipinski definition) is 0. The normalized spacial score (nSPS) is 26.0. The molecule has 0 spiro atoms. The molecule has 3 atom stereocenters. The van der Waals surface area contributed by atoms with Gasteiger partial charge in [0.15, 0.2) is 0 Å². The van der Waals surface area contributed by atoms with Gasteiger partial charge in [-0.25, -0.2) is 0 Å². The first kappa shape index (κ1) is 14.0. The molecule has 1 saturated heterocycles. The van der Waals surface area contributed by atoms with E-state index in [-0.39, 0.29) is 0 Å². The van der Waals surface area contributed by atoms with Crippen LogP contribution in [-0.2, 0) is 12.8 Å². The Morgan fingerprint density at radius 2 is 1.55 bits per heavy atom. The lowest BCUT2D eigenvalue weighted by Gasteiger charge is -2.45. The van der Waals surface area contributed by atoms with Crippen LogP contribution >= 0.6 is 0 Å². The Labute approximate surface area is 134 Å². The zero-order chi connectivity index (χ0) is 14.9. The fourth-order valence-corrected chi connectivity index (χ4v) is 4.44. The van der Waals surface area contributed by atoms with E-state index in [1.54, 1.807) is 11.1 Å². The Hall–Kier alpha value is -1.60. The first-order chi connectivity index (χ1) is 10.8. The maximum Gasteiger partial charge on any atom is 0.0323 e. The highest BCUT2D eigenvalue weighted by molar-refractivity contribution is 5.30. The topological polar surface area (TPSA) is 3.24 Å². The molecule has 0 amide bonds. The molecule has 1 fully saturated rings. The van der Waals surface area contributed by atoms with Gasteiger partial charge in [-0.1, -0.05) is 54.6 Å². The smallest absolute Gasteiger partial charge is 0.0323 e. The van der Waals surface area contributed by atoms with Crippen molar-refractivity contribution < 1.29 is 0 Å². The summed E-state index contributed by atoms with van der Waals surface area (Å²) in [6.45, 7) is 3.65. The van der Waals surface area contributed by atoms with Gasteiger partial charge in [0.1, 0.15) is 0 Å². The summed E-state index contributed by atoms with van der Waals surface area (Å²) in [6.07, 6.45) is 5.24. The van der Waals surface area contributed by atoms with E-state index < -0.39 is 0 Å². The molecular weight excluding hydrogens is 266 g/mol. The monoisotopic (exact) mass is 291 g/mol. The zero-order valence-electron chi connectivity index (χ0n) is 13.4. The second kappa shape index (κ2) is 5.89. The summed E-state index contributed by atoms with van der Waals surface area (Å²) in [5.41, 5.74) is 4.65. The molecule has 3 aliphatic rings. The van der Waals surface area contributed by atoms with E-state index in [0.717, 1.165) is 5.92 Å². The summed E-state index contributed by atoms with van der Waals surface area (Å²) in [5, 5.41) is 0. The molecule has 0 saturated carbocycles. The highest BCUT2D eigenvalue weighted by Crippen LogP contribution is 2.36. The molecule has 22 heavy (non-hydrogen) atoms. The van der Waals surface area contributed by atoms with Gasteiger partial charge in [0, 0.05) is 18.6 Å². The van der Waals surface area contributed by atoms with Crippen molar-refractivity contribution >= 4 is 0 Å². The van der Waals surface area contributed by atoms with Crippen molar-refractivity contribution in [3.63, 3.8) is 0 Å². The van der Waals surface area contributed by atoms with Crippen molar-refractivity contribution in [2.45, 2.75) is 44.7 Å². The van der Waals surface area contributed by atoms with Crippen LogP contribution in [0.3, 0.4) is 0 Å². The molecule has 3 unspecified atom stereocenters. The van der Waals surface area contributed by atoms with Gasteiger partial charge >= 0.3 is 0 Å². The Kier molecular flexibility index (Phi) is 3.75. The van der Waals surface area contributed by atoms with Gasteiger partial charge in [-0.05, 0) is 55.2 Å². The van der Waals surface area contributed by atoms with Crippen LogP contribution in [0.15, 0.2) is 54.6 Å². The van der Waals surface area contributed by atoms with Crippen LogP contribution in [0.25, 0.3) is 0 Å². The molecule has 1 aliphatic carbocycles. The summed E-state index contributed by atoms with van der Waals surface area (Å²) in [6, 6.07) is 21.4. The number of rotatable bonds is 2. The Morgan fingerprint density at radius 3 is 2.32 bits per heavy atom. The van der Waals surface area contributed by atoms with Gasteiger partial charge in [0.05, 0.1) is 0 Å². The first-order valence-corrected chi connectivity index (χ1v) is 8.69. The van der Waals surface area contributed by atoms with E-state index in [9.17, 15) is 0 Å². The van der Waals surface area contributed by atoms with E-state index in [1.165, 1.54) is 37.8 Å². The van der Waals surface area contributed by atoms with Crippen LogP contribution in [-0.4, -0.2) is 17.5 Å². The molecule has 0 N–H and O–H groups in total. The zero-order valence-corrected chi connectivity index (χ0v) is 13.4. The van der Waals surface area contributed by atoms with Crippen LogP contribution in [0.5, 0.6) is 0 Å². The second-order valence-electron chi connectivity index (χ2n) is 7.06. The first-order valence-electron chi connectivity index (χ1n) is 8.69. The van der Waals surface area contributed by atoms with Crippen molar-refractivity contribution in [2.75, 3.05) is 6.54 Å². The Bertz CT molecular complexity index is 633. The standard InChI is InChI=1S/C21H25N/c1-16(18-7-3-2-4-8-18)22-15-17-11-12-21(22)14-20-10-6-5-9-19(20)13-17/h2-10,16-17,21H,11-15H2,1H3. The summed E-state index contributed by atoms with van der Waals surface area (Å²) in [7, 11) is 0. The Balaban J connectivity index is 1.64. The van der Waals surface area contributed by atoms with E-state index in [0.29, 0.717) is 12.1 Å². The Morgan fingerprint density at radius 1 is 0.864 bits per heavy atom. The van der Waals surface area contributed by atoms with Gasteiger partial charge in [0.2, 0.25) is 0 Å². The number of nitrogens with zero attached hydrogens (tertiary/aromatic N) is 1. The summed E-state index contributed by atoms with van der Waals surface area (Å²) in [5.74, 6) is 0.823. The molecule has 0 radical (unpaired) electrons. The number of hydrogen-bond acceptors (Lipinski definition) is 1.